The molecule has 0 fully saturated rings. The van der Waals surface area contributed by atoms with Gasteiger partial charge in [0.25, 0.3) is 0 Å². The fourth-order valence-corrected chi connectivity index (χ4v) is 0. The minimum atomic E-state index is -0.139. The summed E-state index contributed by atoms with van der Waals surface area (Å²) in [7, 11) is 0. The van der Waals surface area contributed by atoms with Gasteiger partial charge in [-0.15, -0.1) is 12.6 Å². The van der Waals surface area contributed by atoms with E-state index in [9.17, 15) is 0 Å². The molecular formula is C3H10N2S. The molecule has 0 aromatic rings. The van der Waals surface area contributed by atoms with E-state index in [-0.39, 0.29) is 5.17 Å². The summed E-state index contributed by atoms with van der Waals surface area (Å²) in [6, 6.07) is 0. The predicted molar refractivity (Wildman–Crippen MR) is 32.2 cm³/mol. The minimum absolute atomic E-state index is 0.139. The maximum absolute atomic E-state index is 6.14. The van der Waals surface area contributed by atoms with Crippen molar-refractivity contribution in [3.63, 3.8) is 0 Å². The van der Waals surface area contributed by atoms with Crippen LogP contribution < -0.4 is 5.73 Å². The highest BCUT2D eigenvalue weighted by atomic mass is 32.1. The van der Waals surface area contributed by atoms with Gasteiger partial charge in [-0.25, -0.2) is 0 Å². The summed E-state index contributed by atoms with van der Waals surface area (Å²) in [6.07, 6.45) is 0. The zero-order valence-electron chi connectivity index (χ0n) is 4.02. The van der Waals surface area contributed by atoms with E-state index in [4.69, 9.17) is 5.41 Å². The van der Waals surface area contributed by atoms with Crippen LogP contribution in [0.25, 0.3) is 0 Å². The molecular weight excluding hydrogens is 96.1 g/mol. The molecule has 0 spiro atoms. The number of rotatable bonds is 0. The van der Waals surface area contributed by atoms with E-state index in [2.05, 4.69) is 18.4 Å². The fourth-order valence-electron chi connectivity index (χ4n) is 0. The summed E-state index contributed by atoms with van der Waals surface area (Å²) in [5.41, 5.74) is 4.56. The maximum Gasteiger partial charge on any atom is 0.147 e. The van der Waals surface area contributed by atoms with Crippen LogP contribution in [0.1, 0.15) is 13.8 Å². The van der Waals surface area contributed by atoms with Crippen molar-refractivity contribution < 1.29 is 0 Å². The first kappa shape index (κ1) is 9.27. The maximum atomic E-state index is 6.14. The number of nitrogens with one attached hydrogen (secondary N) is 1. The lowest BCUT2D eigenvalue weighted by Gasteiger charge is -1.65. The summed E-state index contributed by atoms with van der Waals surface area (Å²) in [5, 5.41) is 6.00. The number of hydrogen-bond acceptors (Lipinski definition) is 1. The van der Waals surface area contributed by atoms with Gasteiger partial charge in [-0.2, -0.15) is 0 Å². The highest BCUT2D eigenvalue weighted by Crippen LogP contribution is 1.56. The molecule has 3 N–H and O–H groups in total. The van der Waals surface area contributed by atoms with Crippen LogP contribution in [0.2, 0.25) is 0 Å². The second-order valence-corrected chi connectivity index (χ2v) is 0.867. The molecule has 2 nitrogen and oxygen atoms in total. The van der Waals surface area contributed by atoms with Crippen molar-refractivity contribution in [3.8, 4) is 0 Å². The molecule has 0 aliphatic carbocycles. The van der Waals surface area contributed by atoms with Gasteiger partial charge in [-0.3, -0.25) is 5.41 Å². The van der Waals surface area contributed by atoms with Crippen molar-refractivity contribution in [1.29, 1.82) is 5.41 Å². The Morgan fingerprint density at radius 3 is 1.67 bits per heavy atom. The zero-order valence-corrected chi connectivity index (χ0v) is 4.92. The quantitative estimate of drug-likeness (QED) is 0.239. The van der Waals surface area contributed by atoms with Crippen LogP contribution in [0.5, 0.6) is 0 Å². The largest absolute Gasteiger partial charge is 0.379 e. The Morgan fingerprint density at radius 1 is 1.67 bits per heavy atom. The van der Waals surface area contributed by atoms with Crippen molar-refractivity contribution in [2.75, 3.05) is 0 Å². The van der Waals surface area contributed by atoms with Gasteiger partial charge >= 0.3 is 0 Å². The second-order valence-electron chi connectivity index (χ2n) is 0.385. The van der Waals surface area contributed by atoms with Crippen molar-refractivity contribution in [1.82, 2.24) is 0 Å². The molecule has 0 radical (unpaired) electrons. The van der Waals surface area contributed by atoms with Crippen LogP contribution in [-0.2, 0) is 0 Å². The molecule has 0 heterocycles. The van der Waals surface area contributed by atoms with Gasteiger partial charge < -0.3 is 5.73 Å². The van der Waals surface area contributed by atoms with Crippen LogP contribution in [0, 0.1) is 5.41 Å². The third kappa shape index (κ3) is 938. The molecule has 0 atom stereocenters. The molecule has 3 heteroatoms. The Balaban J connectivity index is 0. The number of hydrogen-bond donors (Lipinski definition) is 3. The molecule has 0 aromatic heterocycles. The van der Waals surface area contributed by atoms with Gasteiger partial charge in [0, 0.05) is 0 Å². The normalized spacial score (nSPS) is 5.17. The van der Waals surface area contributed by atoms with E-state index in [0.29, 0.717) is 0 Å². The van der Waals surface area contributed by atoms with Crippen LogP contribution in [0.4, 0.5) is 0 Å². The average molecular weight is 106 g/mol. The Kier molecular flexibility index (Phi) is 13.7. The van der Waals surface area contributed by atoms with Crippen LogP contribution >= 0.6 is 12.6 Å². The number of nitrogens with two attached hydrogens (primary N) is 1. The third-order valence-electron chi connectivity index (χ3n) is 0. The molecule has 0 unspecified atom stereocenters. The summed E-state index contributed by atoms with van der Waals surface area (Å²) >= 11 is 3.33. The summed E-state index contributed by atoms with van der Waals surface area (Å²) < 4.78 is 0. The molecule has 6 heavy (non-hydrogen) atoms. The van der Waals surface area contributed by atoms with E-state index in [1.165, 1.54) is 0 Å². The topological polar surface area (TPSA) is 49.9 Å². The monoisotopic (exact) mass is 106 g/mol. The first-order valence-electron chi connectivity index (χ1n) is 1.76. The van der Waals surface area contributed by atoms with Crippen molar-refractivity contribution in [3.05, 3.63) is 0 Å². The molecule has 0 aromatic carbocycles. The lowest BCUT2D eigenvalue weighted by Crippen LogP contribution is -1.96. The molecule has 0 aliphatic heterocycles. The third-order valence-corrected chi connectivity index (χ3v) is 0. The van der Waals surface area contributed by atoms with Gasteiger partial charge in [0.15, 0.2) is 0 Å². The summed E-state index contributed by atoms with van der Waals surface area (Å²) in [5.74, 6) is 0. The SMILES string of the molecule is CC.N=C(N)S. The van der Waals surface area contributed by atoms with Gasteiger partial charge in [0.05, 0.1) is 0 Å². The number of amidine groups is 1. The van der Waals surface area contributed by atoms with Gasteiger partial charge in [-0.05, 0) is 0 Å². The van der Waals surface area contributed by atoms with Crippen LogP contribution in [0.3, 0.4) is 0 Å². The fraction of sp³-hybridized carbons (Fsp3) is 0.667. The van der Waals surface area contributed by atoms with E-state index in [0.717, 1.165) is 0 Å². The summed E-state index contributed by atoms with van der Waals surface area (Å²) in [6.45, 7) is 4.00. The Labute approximate surface area is 43.7 Å². The Bertz CT molecular complexity index is 31.8. The molecule has 0 rings (SSSR count). The van der Waals surface area contributed by atoms with Crippen LogP contribution in [-0.4, -0.2) is 5.17 Å². The van der Waals surface area contributed by atoms with E-state index < -0.39 is 0 Å². The average Bonchev–Trinajstić information content (AvgIpc) is 1.41. The highest BCUT2D eigenvalue weighted by Gasteiger charge is 1.55. The second kappa shape index (κ2) is 8.84. The van der Waals surface area contributed by atoms with Gasteiger partial charge in [-0.1, -0.05) is 13.8 Å². The Morgan fingerprint density at radius 2 is 1.67 bits per heavy atom. The van der Waals surface area contributed by atoms with Crippen molar-refractivity contribution in [2.24, 2.45) is 5.73 Å². The molecule has 0 amide bonds. The molecule has 0 bridgehead atoms. The van der Waals surface area contributed by atoms with E-state index in [1.807, 2.05) is 13.8 Å². The molecule has 0 saturated carbocycles. The van der Waals surface area contributed by atoms with Gasteiger partial charge in [0.2, 0.25) is 0 Å². The summed E-state index contributed by atoms with van der Waals surface area (Å²) in [4.78, 5) is 0. The minimum Gasteiger partial charge on any atom is -0.379 e. The van der Waals surface area contributed by atoms with Crippen molar-refractivity contribution in [2.45, 2.75) is 13.8 Å². The Hall–Kier alpha value is -0.180. The lowest BCUT2D eigenvalue weighted by molar-refractivity contribution is 1.50. The first-order chi connectivity index (χ1) is 2.73. The lowest BCUT2D eigenvalue weighted by atomic mass is 11.0. The molecule has 0 saturated heterocycles. The zero-order chi connectivity index (χ0) is 5.58. The van der Waals surface area contributed by atoms with Gasteiger partial charge in [0.1, 0.15) is 5.17 Å². The highest BCUT2D eigenvalue weighted by molar-refractivity contribution is 7.96. The first-order valence-corrected chi connectivity index (χ1v) is 2.21. The number of thiol groups is 1. The smallest absolute Gasteiger partial charge is 0.147 e. The molecule has 0 aliphatic rings. The predicted octanol–water partition coefficient (Wildman–Crippen LogP) is 0.836. The van der Waals surface area contributed by atoms with E-state index in [1.54, 1.807) is 0 Å². The van der Waals surface area contributed by atoms with Crippen LogP contribution in [0.15, 0.2) is 0 Å². The standard InChI is InChI=1S/C2H6.CH4N2S/c1-2;2-1(3)4/h1-2H3;(H4,2,3,4). The molecule has 38 valence electrons. The van der Waals surface area contributed by atoms with E-state index >= 15 is 0 Å². The van der Waals surface area contributed by atoms with Crippen molar-refractivity contribution >= 4 is 17.8 Å².